The SMILES string of the molecule is Cc1nc(C(=O)NCc2ccncc2)cc(C2=NO[C@@H]([C@H]3CC[C@H](CO)CC3)C2)n1. The first-order valence-corrected chi connectivity index (χ1v) is 10.5. The minimum Gasteiger partial charge on any atom is -0.396 e. The number of nitrogens with zero attached hydrogens (tertiary/aromatic N) is 4. The number of amides is 1. The highest BCUT2D eigenvalue weighted by Crippen LogP contribution is 2.35. The van der Waals surface area contributed by atoms with Gasteiger partial charge in [-0.2, -0.15) is 0 Å². The second kappa shape index (κ2) is 9.30. The van der Waals surface area contributed by atoms with Gasteiger partial charge >= 0.3 is 0 Å². The van der Waals surface area contributed by atoms with Crippen molar-refractivity contribution in [2.75, 3.05) is 6.61 Å². The lowest BCUT2D eigenvalue weighted by atomic mass is 9.78. The number of nitrogens with one attached hydrogen (secondary N) is 1. The molecule has 1 saturated carbocycles. The molecule has 0 bridgehead atoms. The maximum absolute atomic E-state index is 12.6. The summed E-state index contributed by atoms with van der Waals surface area (Å²) in [5.41, 5.74) is 2.69. The lowest BCUT2D eigenvalue weighted by molar-refractivity contribution is 0.0163. The van der Waals surface area contributed by atoms with Gasteiger partial charge < -0.3 is 15.3 Å². The summed E-state index contributed by atoms with van der Waals surface area (Å²) in [6.07, 6.45) is 8.27. The molecular formula is C22H27N5O3. The first-order chi connectivity index (χ1) is 14.6. The van der Waals surface area contributed by atoms with Crippen LogP contribution in [0.2, 0.25) is 0 Å². The molecular weight excluding hydrogens is 382 g/mol. The van der Waals surface area contributed by atoms with E-state index < -0.39 is 0 Å². The maximum Gasteiger partial charge on any atom is 0.270 e. The summed E-state index contributed by atoms with van der Waals surface area (Å²) < 4.78 is 0. The Bertz CT molecular complexity index is 910. The average molecular weight is 409 g/mol. The number of aliphatic hydroxyl groups excluding tert-OH is 1. The Labute approximate surface area is 175 Å². The average Bonchev–Trinajstić information content (AvgIpc) is 3.28. The largest absolute Gasteiger partial charge is 0.396 e. The van der Waals surface area contributed by atoms with Crippen molar-refractivity contribution in [3.8, 4) is 0 Å². The molecule has 2 aromatic heterocycles. The Hall–Kier alpha value is -2.87. The fraction of sp³-hybridized carbons (Fsp3) is 0.500. The van der Waals surface area contributed by atoms with Gasteiger partial charge in [-0.15, -0.1) is 0 Å². The van der Waals surface area contributed by atoms with Crippen LogP contribution in [0.1, 0.15) is 59.7 Å². The number of hydrogen-bond acceptors (Lipinski definition) is 7. The van der Waals surface area contributed by atoms with Gasteiger partial charge in [0.2, 0.25) is 0 Å². The molecule has 2 N–H and O–H groups in total. The Kier molecular flexibility index (Phi) is 6.32. The third kappa shape index (κ3) is 4.81. The van der Waals surface area contributed by atoms with Gasteiger partial charge in [0.25, 0.3) is 5.91 Å². The fourth-order valence-corrected chi connectivity index (χ4v) is 4.15. The molecule has 3 heterocycles. The molecule has 8 nitrogen and oxygen atoms in total. The highest BCUT2D eigenvalue weighted by atomic mass is 16.6. The smallest absolute Gasteiger partial charge is 0.270 e. The van der Waals surface area contributed by atoms with E-state index in [1.54, 1.807) is 25.4 Å². The Morgan fingerprint density at radius 3 is 2.70 bits per heavy atom. The van der Waals surface area contributed by atoms with Crippen LogP contribution in [-0.2, 0) is 11.4 Å². The van der Waals surface area contributed by atoms with Gasteiger partial charge in [0.05, 0.1) is 5.69 Å². The molecule has 8 heteroatoms. The second-order valence-electron chi connectivity index (χ2n) is 8.07. The normalized spacial score (nSPS) is 23.5. The van der Waals surface area contributed by atoms with E-state index in [0.29, 0.717) is 42.0 Å². The topological polar surface area (TPSA) is 110 Å². The molecule has 2 aliphatic rings. The molecule has 158 valence electrons. The van der Waals surface area contributed by atoms with Crippen LogP contribution in [0.15, 0.2) is 35.7 Å². The Morgan fingerprint density at radius 2 is 1.97 bits per heavy atom. The molecule has 0 aromatic carbocycles. The van der Waals surface area contributed by atoms with Crippen LogP contribution in [0.5, 0.6) is 0 Å². The van der Waals surface area contributed by atoms with Gasteiger partial charge in [0.1, 0.15) is 23.3 Å². The van der Waals surface area contributed by atoms with Crippen molar-refractivity contribution in [3.63, 3.8) is 0 Å². The monoisotopic (exact) mass is 409 g/mol. The van der Waals surface area contributed by atoms with Gasteiger partial charge in [0, 0.05) is 32.0 Å². The Balaban J connectivity index is 1.39. The molecule has 0 saturated heterocycles. The molecule has 1 aliphatic carbocycles. The van der Waals surface area contributed by atoms with Crippen LogP contribution in [0.25, 0.3) is 0 Å². The lowest BCUT2D eigenvalue weighted by Gasteiger charge is -2.29. The molecule has 1 aliphatic heterocycles. The van der Waals surface area contributed by atoms with Crippen molar-refractivity contribution in [2.24, 2.45) is 17.0 Å². The van der Waals surface area contributed by atoms with Crippen LogP contribution in [-0.4, -0.2) is 44.4 Å². The van der Waals surface area contributed by atoms with Crippen LogP contribution < -0.4 is 5.32 Å². The van der Waals surface area contributed by atoms with E-state index in [-0.39, 0.29) is 18.6 Å². The van der Waals surface area contributed by atoms with E-state index in [0.717, 1.165) is 37.0 Å². The van der Waals surface area contributed by atoms with Crippen LogP contribution in [0.3, 0.4) is 0 Å². The van der Waals surface area contributed by atoms with Gasteiger partial charge in [-0.3, -0.25) is 9.78 Å². The molecule has 0 unspecified atom stereocenters. The first-order valence-electron chi connectivity index (χ1n) is 10.5. The number of rotatable bonds is 6. The number of hydrogen-bond donors (Lipinski definition) is 2. The highest BCUT2D eigenvalue weighted by molar-refractivity contribution is 6.01. The van der Waals surface area contributed by atoms with E-state index >= 15 is 0 Å². The zero-order chi connectivity index (χ0) is 20.9. The van der Waals surface area contributed by atoms with Crippen molar-refractivity contribution < 1.29 is 14.7 Å². The summed E-state index contributed by atoms with van der Waals surface area (Å²) >= 11 is 0. The van der Waals surface area contributed by atoms with Crippen LogP contribution in [0, 0.1) is 18.8 Å². The summed E-state index contributed by atoms with van der Waals surface area (Å²) in [6, 6.07) is 5.40. The summed E-state index contributed by atoms with van der Waals surface area (Å²) in [4.78, 5) is 31.1. The first kappa shape index (κ1) is 20.4. The third-order valence-electron chi connectivity index (χ3n) is 5.94. The van der Waals surface area contributed by atoms with Crippen molar-refractivity contribution >= 4 is 11.6 Å². The zero-order valence-electron chi connectivity index (χ0n) is 17.1. The van der Waals surface area contributed by atoms with Gasteiger partial charge in [-0.1, -0.05) is 5.16 Å². The van der Waals surface area contributed by atoms with E-state index in [1.807, 2.05) is 12.1 Å². The molecule has 0 spiro atoms. The van der Waals surface area contributed by atoms with Gasteiger partial charge in [-0.05, 0) is 68.2 Å². The third-order valence-corrected chi connectivity index (χ3v) is 5.94. The van der Waals surface area contributed by atoms with Gasteiger partial charge in [-0.25, -0.2) is 9.97 Å². The van der Waals surface area contributed by atoms with Crippen LogP contribution >= 0.6 is 0 Å². The molecule has 4 rings (SSSR count). The second-order valence-corrected chi connectivity index (χ2v) is 8.07. The number of aliphatic hydroxyl groups is 1. The molecule has 1 amide bonds. The maximum atomic E-state index is 12.6. The number of carbonyl (C=O) groups excluding carboxylic acids is 1. The van der Waals surface area contributed by atoms with Crippen molar-refractivity contribution in [2.45, 2.75) is 51.7 Å². The Morgan fingerprint density at radius 1 is 1.20 bits per heavy atom. The molecule has 0 radical (unpaired) electrons. The summed E-state index contributed by atoms with van der Waals surface area (Å²) in [5, 5.41) is 16.5. The number of aryl methyl sites for hydroxylation is 1. The zero-order valence-corrected chi connectivity index (χ0v) is 17.1. The molecule has 30 heavy (non-hydrogen) atoms. The summed E-state index contributed by atoms with van der Waals surface area (Å²) in [7, 11) is 0. The quantitative estimate of drug-likeness (QED) is 0.758. The number of aromatic nitrogens is 3. The minimum absolute atomic E-state index is 0.0406. The number of pyridine rings is 1. The van der Waals surface area contributed by atoms with Crippen LogP contribution in [0.4, 0.5) is 0 Å². The number of oxime groups is 1. The van der Waals surface area contributed by atoms with Crippen molar-refractivity contribution in [1.29, 1.82) is 0 Å². The molecule has 1 atom stereocenters. The van der Waals surface area contributed by atoms with Gasteiger partial charge in [0.15, 0.2) is 0 Å². The summed E-state index contributed by atoms with van der Waals surface area (Å²) in [5.74, 6) is 1.13. The predicted octanol–water partition coefficient (Wildman–Crippen LogP) is 2.40. The predicted molar refractivity (Wildman–Crippen MR) is 111 cm³/mol. The standard InChI is InChI=1S/C22H27N5O3/c1-14-25-18(10-20(26-14)22(29)24-12-15-6-8-23-9-7-15)19-11-21(30-27-19)17-4-2-16(13-28)3-5-17/h6-10,16-17,21,28H,2-5,11-13H2,1H3,(H,24,29)/t16-,17-,21-/m1/s1. The van der Waals surface area contributed by atoms with E-state index in [4.69, 9.17) is 4.84 Å². The molecule has 2 aromatic rings. The van der Waals surface area contributed by atoms with Crippen molar-refractivity contribution in [3.05, 3.63) is 53.4 Å². The van der Waals surface area contributed by atoms with E-state index in [1.165, 1.54) is 0 Å². The van der Waals surface area contributed by atoms with Crippen molar-refractivity contribution in [1.82, 2.24) is 20.3 Å². The van der Waals surface area contributed by atoms with E-state index in [9.17, 15) is 9.90 Å². The minimum atomic E-state index is -0.253. The van der Waals surface area contributed by atoms with E-state index in [2.05, 4.69) is 25.4 Å². The highest BCUT2D eigenvalue weighted by Gasteiger charge is 2.34. The molecule has 1 fully saturated rings. The fourth-order valence-electron chi connectivity index (χ4n) is 4.15. The summed E-state index contributed by atoms with van der Waals surface area (Å²) in [6.45, 7) is 2.45. The lowest BCUT2D eigenvalue weighted by Crippen LogP contribution is -2.27. The number of carbonyl (C=O) groups is 1.